The van der Waals surface area contributed by atoms with Crippen LogP contribution in [-0.4, -0.2) is 32.0 Å². The van der Waals surface area contributed by atoms with E-state index in [2.05, 4.69) is 20.4 Å². The summed E-state index contributed by atoms with van der Waals surface area (Å²) >= 11 is 0. The number of hydrogen-bond acceptors (Lipinski definition) is 4. The van der Waals surface area contributed by atoms with E-state index in [0.29, 0.717) is 11.7 Å². The van der Waals surface area contributed by atoms with E-state index in [1.165, 1.54) is 12.8 Å². The molecule has 2 aromatic heterocycles. The van der Waals surface area contributed by atoms with Crippen LogP contribution in [0.4, 0.5) is 0 Å². The molecule has 3 rings (SSSR count). The van der Waals surface area contributed by atoms with Crippen LogP contribution < -0.4 is 5.32 Å². The van der Waals surface area contributed by atoms with Gasteiger partial charge in [0.1, 0.15) is 0 Å². The molecule has 6 heteroatoms. The molecule has 0 atom stereocenters. The smallest absolute Gasteiger partial charge is 0.291 e. The molecule has 1 N–H and O–H groups in total. The highest BCUT2D eigenvalue weighted by atomic mass is 16.2. The average molecular weight is 231 g/mol. The van der Waals surface area contributed by atoms with Crippen LogP contribution in [0.3, 0.4) is 0 Å². The molecule has 88 valence electrons. The number of aromatic nitrogens is 4. The summed E-state index contributed by atoms with van der Waals surface area (Å²) in [6, 6.07) is 1.83. The zero-order valence-electron chi connectivity index (χ0n) is 9.55. The van der Waals surface area contributed by atoms with E-state index in [1.54, 1.807) is 10.7 Å². The number of nitrogens with zero attached hydrogens (tertiary/aromatic N) is 4. The lowest BCUT2D eigenvalue weighted by molar-refractivity contribution is 0.0941. The molecule has 0 saturated heterocycles. The second kappa shape index (κ2) is 3.80. The summed E-state index contributed by atoms with van der Waals surface area (Å²) in [5.41, 5.74) is 0.906. The highest BCUT2D eigenvalue weighted by Gasteiger charge is 2.23. The van der Waals surface area contributed by atoms with Gasteiger partial charge in [0, 0.05) is 18.4 Å². The Morgan fingerprint density at radius 1 is 1.59 bits per heavy atom. The molecular weight excluding hydrogens is 218 g/mol. The van der Waals surface area contributed by atoms with Gasteiger partial charge in [-0.3, -0.25) is 4.79 Å². The van der Waals surface area contributed by atoms with E-state index in [1.807, 2.05) is 13.0 Å². The lowest BCUT2D eigenvalue weighted by atomic mass is 10.4. The van der Waals surface area contributed by atoms with Crippen molar-refractivity contribution in [2.45, 2.75) is 19.8 Å². The first kappa shape index (κ1) is 10.2. The molecule has 2 aromatic rings. The summed E-state index contributed by atoms with van der Waals surface area (Å²) in [6.45, 7) is 2.62. The van der Waals surface area contributed by atoms with Gasteiger partial charge in [-0.05, 0) is 31.7 Å². The topological polar surface area (TPSA) is 72.2 Å². The molecule has 1 fully saturated rings. The predicted molar refractivity (Wildman–Crippen MR) is 60.6 cm³/mol. The molecule has 1 amide bonds. The molecule has 0 unspecified atom stereocenters. The zero-order chi connectivity index (χ0) is 11.8. The fourth-order valence-corrected chi connectivity index (χ4v) is 1.64. The molecule has 17 heavy (non-hydrogen) atoms. The van der Waals surface area contributed by atoms with Gasteiger partial charge in [-0.25, -0.2) is 9.50 Å². The van der Waals surface area contributed by atoms with Gasteiger partial charge in [-0.1, -0.05) is 0 Å². The van der Waals surface area contributed by atoms with E-state index in [0.717, 1.165) is 12.2 Å². The number of amides is 1. The first-order valence-electron chi connectivity index (χ1n) is 5.70. The lowest BCUT2D eigenvalue weighted by Crippen LogP contribution is -2.26. The van der Waals surface area contributed by atoms with Crippen LogP contribution in [-0.2, 0) is 0 Å². The number of carbonyl (C=O) groups is 1. The highest BCUT2D eigenvalue weighted by molar-refractivity contribution is 5.90. The monoisotopic (exact) mass is 231 g/mol. The molecule has 1 aliphatic carbocycles. The van der Waals surface area contributed by atoms with Gasteiger partial charge in [-0.15, -0.1) is 5.10 Å². The van der Waals surface area contributed by atoms with Gasteiger partial charge in [0.2, 0.25) is 5.82 Å². The molecule has 0 spiro atoms. The van der Waals surface area contributed by atoms with Gasteiger partial charge in [0.05, 0.1) is 0 Å². The zero-order valence-corrected chi connectivity index (χ0v) is 9.55. The minimum absolute atomic E-state index is 0.187. The average Bonchev–Trinajstić information content (AvgIpc) is 3.04. The summed E-state index contributed by atoms with van der Waals surface area (Å²) in [5.74, 6) is 1.08. The first-order chi connectivity index (χ1) is 8.24. The number of carbonyl (C=O) groups excluding carboxylic acids is 1. The Morgan fingerprint density at radius 2 is 2.41 bits per heavy atom. The molecule has 2 heterocycles. The normalized spacial score (nSPS) is 15.1. The lowest BCUT2D eigenvalue weighted by Gasteiger charge is -1.98. The maximum absolute atomic E-state index is 11.8. The Labute approximate surface area is 98.1 Å². The second-order valence-electron chi connectivity index (χ2n) is 4.39. The van der Waals surface area contributed by atoms with Gasteiger partial charge in [0.25, 0.3) is 11.7 Å². The van der Waals surface area contributed by atoms with E-state index in [9.17, 15) is 4.79 Å². The number of aryl methyl sites for hydroxylation is 1. The van der Waals surface area contributed by atoms with Gasteiger partial charge in [0.15, 0.2) is 0 Å². The van der Waals surface area contributed by atoms with Crippen LogP contribution in [0.2, 0.25) is 0 Å². The molecule has 0 aromatic carbocycles. The minimum Gasteiger partial charge on any atom is -0.349 e. The summed E-state index contributed by atoms with van der Waals surface area (Å²) < 4.78 is 1.58. The number of nitrogens with one attached hydrogen (secondary N) is 1. The Balaban J connectivity index is 1.84. The molecular formula is C11H13N5O. The maximum Gasteiger partial charge on any atom is 0.291 e. The number of hydrogen-bond donors (Lipinski definition) is 1. The van der Waals surface area contributed by atoms with Crippen molar-refractivity contribution in [3.05, 3.63) is 23.8 Å². The standard InChI is InChI=1S/C11H13N5O/c1-7-4-5-12-11-14-9(15-16(7)11)10(17)13-6-8-2-3-8/h4-5,8H,2-3,6H2,1H3,(H,13,17). The summed E-state index contributed by atoms with van der Waals surface area (Å²) in [6.07, 6.45) is 4.07. The van der Waals surface area contributed by atoms with Crippen LogP contribution in [0.5, 0.6) is 0 Å². The van der Waals surface area contributed by atoms with Crippen molar-refractivity contribution in [2.75, 3.05) is 6.54 Å². The van der Waals surface area contributed by atoms with Crippen molar-refractivity contribution >= 4 is 11.7 Å². The van der Waals surface area contributed by atoms with Gasteiger partial charge >= 0.3 is 0 Å². The maximum atomic E-state index is 11.8. The van der Waals surface area contributed by atoms with E-state index >= 15 is 0 Å². The molecule has 0 radical (unpaired) electrons. The predicted octanol–water partition coefficient (Wildman–Crippen LogP) is 0.573. The fraction of sp³-hybridized carbons (Fsp3) is 0.455. The minimum atomic E-state index is -0.221. The Hall–Kier alpha value is -1.98. The van der Waals surface area contributed by atoms with Crippen molar-refractivity contribution in [1.82, 2.24) is 24.9 Å². The van der Waals surface area contributed by atoms with Crippen molar-refractivity contribution in [2.24, 2.45) is 5.92 Å². The van der Waals surface area contributed by atoms with Crippen molar-refractivity contribution < 1.29 is 4.79 Å². The van der Waals surface area contributed by atoms with Crippen LogP contribution in [0.25, 0.3) is 5.78 Å². The van der Waals surface area contributed by atoms with Crippen LogP contribution in [0.15, 0.2) is 12.3 Å². The van der Waals surface area contributed by atoms with E-state index < -0.39 is 0 Å². The molecule has 1 aliphatic rings. The Kier molecular flexibility index (Phi) is 2.28. The van der Waals surface area contributed by atoms with Crippen LogP contribution in [0, 0.1) is 12.8 Å². The summed E-state index contributed by atoms with van der Waals surface area (Å²) in [4.78, 5) is 19.9. The third-order valence-electron chi connectivity index (χ3n) is 2.88. The quantitative estimate of drug-likeness (QED) is 0.838. The summed E-state index contributed by atoms with van der Waals surface area (Å²) in [7, 11) is 0. The second-order valence-corrected chi connectivity index (χ2v) is 4.39. The Morgan fingerprint density at radius 3 is 3.12 bits per heavy atom. The highest BCUT2D eigenvalue weighted by Crippen LogP contribution is 2.27. The first-order valence-corrected chi connectivity index (χ1v) is 5.70. The van der Waals surface area contributed by atoms with E-state index in [-0.39, 0.29) is 11.7 Å². The van der Waals surface area contributed by atoms with Gasteiger partial charge in [-0.2, -0.15) is 4.98 Å². The third kappa shape index (κ3) is 1.98. The van der Waals surface area contributed by atoms with Crippen molar-refractivity contribution in [3.8, 4) is 0 Å². The van der Waals surface area contributed by atoms with Crippen LogP contribution in [0.1, 0.15) is 29.2 Å². The van der Waals surface area contributed by atoms with Crippen molar-refractivity contribution in [3.63, 3.8) is 0 Å². The summed E-state index contributed by atoms with van der Waals surface area (Å²) in [5, 5.41) is 6.98. The molecule has 0 bridgehead atoms. The molecule has 6 nitrogen and oxygen atoms in total. The van der Waals surface area contributed by atoms with Crippen LogP contribution >= 0.6 is 0 Å². The van der Waals surface area contributed by atoms with Crippen molar-refractivity contribution in [1.29, 1.82) is 0 Å². The third-order valence-corrected chi connectivity index (χ3v) is 2.88. The largest absolute Gasteiger partial charge is 0.349 e. The van der Waals surface area contributed by atoms with E-state index in [4.69, 9.17) is 0 Å². The number of rotatable bonds is 3. The molecule has 0 aliphatic heterocycles. The SMILES string of the molecule is Cc1ccnc2nc(C(=O)NCC3CC3)nn12. The molecule has 1 saturated carbocycles. The Bertz CT molecular complexity index is 572. The fourth-order valence-electron chi connectivity index (χ4n) is 1.64. The number of fused-ring (bicyclic) bond motifs is 1. The van der Waals surface area contributed by atoms with Gasteiger partial charge < -0.3 is 5.32 Å².